The Balaban J connectivity index is 0.000000224. The largest absolute Gasteiger partial charge is 0.474 e. The Bertz CT molecular complexity index is 3370. The third-order valence-corrected chi connectivity index (χ3v) is 12.3. The summed E-state index contributed by atoms with van der Waals surface area (Å²) in [6.07, 6.45) is -1.57. The molecule has 400 valence electrons. The summed E-state index contributed by atoms with van der Waals surface area (Å²) in [5, 5.41) is 21.8. The van der Waals surface area contributed by atoms with E-state index in [1.54, 1.807) is 55.5 Å². The van der Waals surface area contributed by atoms with E-state index in [1.165, 1.54) is 21.1 Å². The number of aromatic nitrogens is 8. The van der Waals surface area contributed by atoms with Crippen LogP contribution in [0.1, 0.15) is 13.8 Å². The maximum absolute atomic E-state index is 14.2. The van der Waals surface area contributed by atoms with Gasteiger partial charge < -0.3 is 29.9 Å². The van der Waals surface area contributed by atoms with Crippen molar-refractivity contribution >= 4 is 94.5 Å². The van der Waals surface area contributed by atoms with Gasteiger partial charge in [-0.1, -0.05) is 79.2 Å². The van der Waals surface area contributed by atoms with Crippen LogP contribution in [0.15, 0.2) is 84.9 Å². The van der Waals surface area contributed by atoms with Gasteiger partial charge >= 0.3 is 27.7 Å². The molecule has 8 aromatic rings. The first-order chi connectivity index (χ1) is 35.3. The standard InChI is InChI=1S/C22H21ClF2N5O5P.C20H17ClF2N5O5P.C3H9BrSi/c1-12(35-36(31,32-2)33-3)11-26-20-18-19(14-6-4-5-7-15(14)23)29-30-21(18)28-22(27-20)34-17-9-8-13(24)10-16(17)25;1-10(33-34(29,30)31)9-24-18-16-17(12-4-2-3-5-13(12)21)27-28-19(16)26-20(25-18)32-15-7-6-11(22)8-14(15)23;1-5(2,3)4/h4-10,12H,11H2,1-3H3,(H2,26,27,28,29,30);2-8,10H,9H2,1H3,(H2,29,30,31)(H2,24,25,26,27,28);1-3H3/t12-;10-;/m00./s1. The van der Waals surface area contributed by atoms with Gasteiger partial charge in [0.1, 0.15) is 30.0 Å². The number of phosphoric ester groups is 2. The monoisotopic (exact) mass is 1200 g/mol. The lowest BCUT2D eigenvalue weighted by Crippen LogP contribution is -2.20. The van der Waals surface area contributed by atoms with Crippen LogP contribution in [0.25, 0.3) is 44.6 Å². The lowest BCUT2D eigenvalue weighted by Gasteiger charge is -2.19. The molecule has 4 aromatic heterocycles. The number of H-pyrrole nitrogens is 2. The third-order valence-electron chi connectivity index (χ3n) is 9.45. The van der Waals surface area contributed by atoms with E-state index in [4.69, 9.17) is 56.0 Å². The van der Waals surface area contributed by atoms with E-state index >= 15 is 0 Å². The van der Waals surface area contributed by atoms with Crippen molar-refractivity contribution < 1.29 is 64.0 Å². The first-order valence-electron chi connectivity index (χ1n) is 21.9. The maximum atomic E-state index is 14.2. The van der Waals surface area contributed by atoms with Gasteiger partial charge in [-0.3, -0.25) is 28.3 Å². The van der Waals surface area contributed by atoms with E-state index in [0.29, 0.717) is 55.5 Å². The van der Waals surface area contributed by atoms with Gasteiger partial charge in [-0.15, -0.1) is 15.3 Å². The molecule has 0 amide bonds. The molecule has 0 radical (unpaired) electrons. The van der Waals surface area contributed by atoms with Crippen LogP contribution >= 0.6 is 54.1 Å². The van der Waals surface area contributed by atoms with E-state index < -0.39 is 57.8 Å². The summed E-state index contributed by atoms with van der Waals surface area (Å²) in [5.41, 5.74) is 2.54. The van der Waals surface area contributed by atoms with Gasteiger partial charge in [0.05, 0.1) is 34.4 Å². The molecule has 75 heavy (non-hydrogen) atoms. The summed E-state index contributed by atoms with van der Waals surface area (Å²) in [7, 11) is -6.03. The molecule has 2 atom stereocenters. The molecular formula is C45H47BrCl2F4N10O10P2Si. The van der Waals surface area contributed by atoms with Gasteiger partial charge in [0.2, 0.25) is 0 Å². The normalized spacial score (nSPS) is 12.6. The summed E-state index contributed by atoms with van der Waals surface area (Å²) in [6, 6.07) is 19.1. The Labute approximate surface area is 444 Å². The zero-order chi connectivity index (χ0) is 54.8. The summed E-state index contributed by atoms with van der Waals surface area (Å²) < 4.78 is 109. The van der Waals surface area contributed by atoms with Crippen LogP contribution in [0.5, 0.6) is 23.5 Å². The number of fused-ring (bicyclic) bond motifs is 2. The fourth-order valence-electron chi connectivity index (χ4n) is 6.36. The van der Waals surface area contributed by atoms with Gasteiger partial charge in [-0.25, -0.2) is 26.7 Å². The molecule has 4 aromatic carbocycles. The van der Waals surface area contributed by atoms with Crippen LogP contribution in [0.4, 0.5) is 29.2 Å². The average molecular weight is 1200 g/mol. The Morgan fingerprint density at radius 2 is 1.04 bits per heavy atom. The smallest absolute Gasteiger partial charge is 0.421 e. The van der Waals surface area contributed by atoms with Crippen molar-refractivity contribution in [1.29, 1.82) is 0 Å². The number of nitrogens with zero attached hydrogens (tertiary/aromatic N) is 6. The van der Waals surface area contributed by atoms with Crippen LogP contribution in [0.2, 0.25) is 29.7 Å². The van der Waals surface area contributed by atoms with E-state index in [1.807, 2.05) is 0 Å². The SMILES string of the molecule is COP(=O)(OC)O[C@@H](C)CNc1nc(Oc2ccc(F)cc2F)nc2n[nH]c(-c3ccccc3Cl)c12.C[C@@H](CNc1nc(Oc2ccc(F)cc2F)nc2n[nH]c(-c3ccccc3Cl)c12)OP(=O)(O)O.C[Si](C)(C)Br. The number of aromatic amines is 2. The first kappa shape index (κ1) is 58.7. The van der Waals surface area contributed by atoms with Crippen LogP contribution in [-0.4, -0.2) is 96.3 Å². The number of rotatable bonds is 18. The van der Waals surface area contributed by atoms with Crippen molar-refractivity contribution in [3.63, 3.8) is 0 Å². The molecule has 0 aliphatic heterocycles. The van der Waals surface area contributed by atoms with E-state index in [9.17, 15) is 26.7 Å². The Morgan fingerprint density at radius 1 is 0.653 bits per heavy atom. The second-order valence-corrected chi connectivity index (χ2v) is 31.7. The van der Waals surface area contributed by atoms with Crippen LogP contribution in [0.3, 0.4) is 0 Å². The van der Waals surface area contributed by atoms with E-state index in [2.05, 4.69) is 90.4 Å². The fourth-order valence-corrected chi connectivity index (χ4v) is 8.20. The number of halogens is 7. The second kappa shape index (κ2) is 25.5. The van der Waals surface area contributed by atoms with Gasteiger partial charge in [-0.05, 0) is 50.2 Å². The third kappa shape index (κ3) is 16.7. The predicted octanol–water partition coefficient (Wildman–Crippen LogP) is 12.8. The average Bonchev–Trinajstić information content (AvgIpc) is 3.96. The number of phosphoric acid groups is 2. The quantitative estimate of drug-likeness (QED) is 0.0202. The first-order valence-corrected chi connectivity index (χ1v) is 31.4. The summed E-state index contributed by atoms with van der Waals surface area (Å²) >= 11 is 16.2. The molecule has 0 saturated heterocycles. The van der Waals surface area contributed by atoms with Crippen molar-refractivity contribution in [3.8, 4) is 46.0 Å². The highest BCUT2D eigenvalue weighted by Gasteiger charge is 2.28. The molecule has 8 rings (SSSR count). The Kier molecular flexibility index (Phi) is 19.9. The molecular weight excluding hydrogens is 1160 g/mol. The Hall–Kier alpha value is -5.60. The molecule has 0 aliphatic carbocycles. The molecule has 0 aliphatic rings. The minimum Gasteiger partial charge on any atom is -0.421 e. The van der Waals surface area contributed by atoms with Crippen LogP contribution < -0.4 is 20.1 Å². The number of ether oxygens (including phenoxy) is 2. The highest BCUT2D eigenvalue weighted by molar-refractivity contribution is 9.26. The number of hydrogen-bond donors (Lipinski definition) is 6. The second-order valence-electron chi connectivity index (χ2n) is 16.6. The highest BCUT2D eigenvalue weighted by atomic mass is 79.9. The zero-order valence-corrected chi connectivity index (χ0v) is 46.4. The number of benzene rings is 4. The van der Waals surface area contributed by atoms with Gasteiger partial charge in [0.25, 0.3) is 0 Å². The summed E-state index contributed by atoms with van der Waals surface area (Å²) in [4.78, 5) is 35.1. The fraction of sp³-hybridized carbons (Fsp3) is 0.244. The molecule has 0 fully saturated rings. The number of hydrogen-bond acceptors (Lipinski definition) is 16. The molecule has 0 unspecified atom stereocenters. The number of anilines is 2. The molecule has 0 bridgehead atoms. The summed E-state index contributed by atoms with van der Waals surface area (Å²) in [5.74, 6) is -3.63. The predicted molar refractivity (Wildman–Crippen MR) is 281 cm³/mol. The molecule has 0 spiro atoms. The van der Waals surface area contributed by atoms with Crippen molar-refractivity contribution in [2.24, 2.45) is 0 Å². The van der Waals surface area contributed by atoms with Crippen LogP contribution in [-0.2, 0) is 27.2 Å². The lowest BCUT2D eigenvalue weighted by atomic mass is 10.1. The van der Waals surface area contributed by atoms with Gasteiger partial charge in [0.15, 0.2) is 34.4 Å². The van der Waals surface area contributed by atoms with Crippen molar-refractivity contribution in [1.82, 2.24) is 40.3 Å². The van der Waals surface area contributed by atoms with E-state index in [-0.39, 0.29) is 59.5 Å². The maximum Gasteiger partial charge on any atom is 0.474 e. The zero-order valence-electron chi connectivity index (χ0n) is 40.5. The molecule has 20 nitrogen and oxygen atoms in total. The minimum atomic E-state index is -4.71. The molecule has 0 saturated carbocycles. The van der Waals surface area contributed by atoms with Crippen molar-refractivity contribution in [2.75, 3.05) is 37.9 Å². The summed E-state index contributed by atoms with van der Waals surface area (Å²) in [6.45, 7) is 9.04. The van der Waals surface area contributed by atoms with E-state index in [0.717, 1.165) is 24.3 Å². The Morgan fingerprint density at radius 3 is 1.40 bits per heavy atom. The van der Waals surface area contributed by atoms with Crippen molar-refractivity contribution in [3.05, 3.63) is 118 Å². The molecule has 6 N–H and O–H groups in total. The van der Waals surface area contributed by atoms with Gasteiger partial charge in [-0.2, -0.15) is 30.1 Å². The highest BCUT2D eigenvalue weighted by Crippen LogP contribution is 2.49. The molecule has 30 heteroatoms. The topological polar surface area (TPSA) is 263 Å². The van der Waals surface area contributed by atoms with Crippen LogP contribution in [0, 0.1) is 23.3 Å². The van der Waals surface area contributed by atoms with Gasteiger partial charge in [0, 0.05) is 60.6 Å². The minimum absolute atomic E-state index is 0.0747. The number of nitrogens with one attached hydrogen (secondary N) is 4. The lowest BCUT2D eigenvalue weighted by molar-refractivity contribution is 0.119. The van der Waals surface area contributed by atoms with Crippen molar-refractivity contribution in [2.45, 2.75) is 45.7 Å². The molecule has 4 heterocycles.